The molecule has 0 spiro atoms. The van der Waals surface area contributed by atoms with Gasteiger partial charge < -0.3 is 10.2 Å². The van der Waals surface area contributed by atoms with Crippen molar-refractivity contribution >= 4 is 21.6 Å². The van der Waals surface area contributed by atoms with Gasteiger partial charge in [0.25, 0.3) is 0 Å². The van der Waals surface area contributed by atoms with Gasteiger partial charge in [0.1, 0.15) is 5.82 Å². The number of rotatable bonds is 2. The van der Waals surface area contributed by atoms with E-state index in [2.05, 4.69) is 47.0 Å². The van der Waals surface area contributed by atoms with Gasteiger partial charge in [-0.15, -0.1) is 0 Å². The van der Waals surface area contributed by atoms with Crippen molar-refractivity contribution in [2.75, 3.05) is 18.9 Å². The Kier molecular flexibility index (Phi) is 4.28. The second kappa shape index (κ2) is 5.57. The third-order valence-corrected chi connectivity index (χ3v) is 4.37. The first kappa shape index (κ1) is 13.8. The quantitative estimate of drug-likeness (QED) is 0.894. The number of nitrogens with one attached hydrogen (secondary N) is 1. The van der Waals surface area contributed by atoms with Gasteiger partial charge in [-0.1, -0.05) is 22.9 Å². The molecule has 2 nitrogen and oxygen atoms in total. The minimum Gasteiger partial charge on any atom is -0.380 e. The molecular weight excluding hydrogens is 295 g/mol. The number of hydrogen-bond acceptors (Lipinski definition) is 2. The van der Waals surface area contributed by atoms with E-state index in [1.165, 1.54) is 6.07 Å². The van der Waals surface area contributed by atoms with E-state index in [-0.39, 0.29) is 5.82 Å². The fraction of sp³-hybridized carbons (Fsp3) is 0.571. The molecule has 1 N–H and O–H groups in total. The smallest absolute Gasteiger partial charge is 0.146 e. The summed E-state index contributed by atoms with van der Waals surface area (Å²) >= 11 is 3.38. The molecule has 3 atom stereocenters. The summed E-state index contributed by atoms with van der Waals surface area (Å²) in [5.41, 5.74) is 0.595. The third kappa shape index (κ3) is 3.04. The highest BCUT2D eigenvalue weighted by atomic mass is 79.9. The molecule has 2 rings (SSSR count). The molecule has 1 aromatic rings. The predicted molar refractivity (Wildman–Crippen MR) is 77.4 cm³/mol. The van der Waals surface area contributed by atoms with Crippen LogP contribution in [-0.2, 0) is 0 Å². The molecule has 1 saturated heterocycles. The lowest BCUT2D eigenvalue weighted by Gasteiger charge is -2.40. The summed E-state index contributed by atoms with van der Waals surface area (Å²) in [5.74, 6) is 0.335. The fourth-order valence-corrected chi connectivity index (χ4v) is 2.91. The van der Waals surface area contributed by atoms with Gasteiger partial charge in [-0.3, -0.25) is 0 Å². The van der Waals surface area contributed by atoms with Crippen LogP contribution in [0, 0.1) is 11.7 Å². The van der Waals surface area contributed by atoms with Crippen LogP contribution >= 0.6 is 15.9 Å². The standard InChI is InChI=1S/C14H20BrFN2/c1-9-8-18(3)10(2)6-13(9)17-14-7-11(15)4-5-12(14)16/h4-5,7,9-10,13,17H,6,8H2,1-3H3. The lowest BCUT2D eigenvalue weighted by Crippen LogP contribution is -2.48. The maximum atomic E-state index is 13.7. The summed E-state index contributed by atoms with van der Waals surface area (Å²) < 4.78 is 14.6. The van der Waals surface area contributed by atoms with Crippen molar-refractivity contribution in [3.63, 3.8) is 0 Å². The highest BCUT2D eigenvalue weighted by Gasteiger charge is 2.29. The van der Waals surface area contributed by atoms with Crippen molar-refractivity contribution in [1.82, 2.24) is 4.90 Å². The molecule has 4 heteroatoms. The van der Waals surface area contributed by atoms with Gasteiger partial charge in [-0.2, -0.15) is 0 Å². The topological polar surface area (TPSA) is 15.3 Å². The average molecular weight is 315 g/mol. The summed E-state index contributed by atoms with van der Waals surface area (Å²) in [6.07, 6.45) is 1.05. The molecule has 3 unspecified atom stereocenters. The molecule has 0 aliphatic carbocycles. The van der Waals surface area contributed by atoms with Crippen LogP contribution in [0.15, 0.2) is 22.7 Å². The van der Waals surface area contributed by atoms with Crippen LogP contribution in [0.25, 0.3) is 0 Å². The molecule has 100 valence electrons. The highest BCUT2D eigenvalue weighted by molar-refractivity contribution is 9.10. The fourth-order valence-electron chi connectivity index (χ4n) is 2.55. The van der Waals surface area contributed by atoms with Gasteiger partial charge in [0.15, 0.2) is 0 Å². The van der Waals surface area contributed by atoms with Gasteiger partial charge in [0.2, 0.25) is 0 Å². The van der Waals surface area contributed by atoms with Crippen molar-refractivity contribution in [3.05, 3.63) is 28.5 Å². The predicted octanol–water partition coefficient (Wildman–Crippen LogP) is 3.73. The normalized spacial score (nSPS) is 29.3. The summed E-state index contributed by atoms with van der Waals surface area (Å²) in [5, 5.41) is 3.36. The Labute approximate surface area is 117 Å². The summed E-state index contributed by atoms with van der Waals surface area (Å²) in [6.45, 7) is 5.49. The molecule has 1 aliphatic heterocycles. The lowest BCUT2D eigenvalue weighted by atomic mass is 9.89. The van der Waals surface area contributed by atoms with Crippen LogP contribution in [0.2, 0.25) is 0 Å². The second-order valence-corrected chi connectivity index (χ2v) is 6.29. The van der Waals surface area contributed by atoms with Crippen molar-refractivity contribution < 1.29 is 4.39 Å². The Morgan fingerprint density at radius 3 is 2.83 bits per heavy atom. The van der Waals surface area contributed by atoms with E-state index in [0.29, 0.717) is 23.7 Å². The van der Waals surface area contributed by atoms with Crippen molar-refractivity contribution in [3.8, 4) is 0 Å². The van der Waals surface area contributed by atoms with Crippen molar-refractivity contribution in [2.24, 2.45) is 5.92 Å². The van der Waals surface area contributed by atoms with Crippen LogP contribution in [0.3, 0.4) is 0 Å². The Morgan fingerprint density at radius 1 is 1.39 bits per heavy atom. The molecule has 0 aromatic heterocycles. The maximum absolute atomic E-state index is 13.7. The minimum absolute atomic E-state index is 0.183. The van der Waals surface area contributed by atoms with E-state index in [1.807, 2.05) is 6.07 Å². The second-order valence-electron chi connectivity index (χ2n) is 5.38. The van der Waals surface area contributed by atoms with E-state index in [1.54, 1.807) is 6.07 Å². The van der Waals surface area contributed by atoms with Crippen LogP contribution < -0.4 is 5.32 Å². The molecule has 0 radical (unpaired) electrons. The van der Waals surface area contributed by atoms with Gasteiger partial charge in [0.05, 0.1) is 5.69 Å². The zero-order valence-corrected chi connectivity index (χ0v) is 12.7. The SMILES string of the molecule is CC1CN(C)C(C)CC1Nc1cc(Br)ccc1F. The van der Waals surface area contributed by atoms with Crippen molar-refractivity contribution in [1.29, 1.82) is 0 Å². The van der Waals surface area contributed by atoms with E-state index in [0.717, 1.165) is 17.4 Å². The number of benzene rings is 1. The number of hydrogen-bond donors (Lipinski definition) is 1. The molecule has 1 fully saturated rings. The Morgan fingerprint density at radius 2 is 2.11 bits per heavy atom. The molecule has 0 amide bonds. The van der Waals surface area contributed by atoms with Crippen LogP contribution in [0.1, 0.15) is 20.3 Å². The monoisotopic (exact) mass is 314 g/mol. The van der Waals surface area contributed by atoms with Crippen molar-refractivity contribution in [2.45, 2.75) is 32.4 Å². The summed E-state index contributed by atoms with van der Waals surface area (Å²) in [4.78, 5) is 2.36. The van der Waals surface area contributed by atoms with Gasteiger partial charge in [-0.05, 0) is 44.5 Å². The van der Waals surface area contributed by atoms with Gasteiger partial charge >= 0.3 is 0 Å². The average Bonchev–Trinajstić information content (AvgIpc) is 2.30. The zero-order chi connectivity index (χ0) is 13.3. The van der Waals surface area contributed by atoms with Gasteiger partial charge in [0, 0.05) is 23.1 Å². The molecule has 18 heavy (non-hydrogen) atoms. The van der Waals surface area contributed by atoms with Crippen LogP contribution in [0.5, 0.6) is 0 Å². The van der Waals surface area contributed by atoms with E-state index < -0.39 is 0 Å². The zero-order valence-electron chi connectivity index (χ0n) is 11.1. The third-order valence-electron chi connectivity index (χ3n) is 3.88. The molecule has 0 bridgehead atoms. The Hall–Kier alpha value is -0.610. The first-order chi connectivity index (χ1) is 8.47. The number of halogens is 2. The molecule has 1 heterocycles. The number of piperidine rings is 1. The molecular formula is C14H20BrFN2. The Bertz CT molecular complexity index is 424. The molecule has 1 aliphatic rings. The van der Waals surface area contributed by atoms with Gasteiger partial charge in [-0.25, -0.2) is 4.39 Å². The first-order valence-electron chi connectivity index (χ1n) is 6.39. The number of likely N-dealkylation sites (tertiary alicyclic amines) is 1. The van der Waals surface area contributed by atoms with E-state index >= 15 is 0 Å². The highest BCUT2D eigenvalue weighted by Crippen LogP contribution is 2.27. The lowest BCUT2D eigenvalue weighted by molar-refractivity contribution is 0.145. The minimum atomic E-state index is -0.183. The summed E-state index contributed by atoms with van der Waals surface area (Å²) in [7, 11) is 2.15. The van der Waals surface area contributed by atoms with E-state index in [9.17, 15) is 4.39 Å². The molecule has 0 saturated carbocycles. The Balaban J connectivity index is 2.11. The number of anilines is 1. The molecule has 1 aromatic carbocycles. The van der Waals surface area contributed by atoms with Crippen LogP contribution in [-0.4, -0.2) is 30.6 Å². The first-order valence-corrected chi connectivity index (χ1v) is 7.18. The maximum Gasteiger partial charge on any atom is 0.146 e. The van der Waals surface area contributed by atoms with Crippen LogP contribution in [0.4, 0.5) is 10.1 Å². The van der Waals surface area contributed by atoms with E-state index in [4.69, 9.17) is 0 Å². The number of nitrogens with zero attached hydrogens (tertiary/aromatic N) is 1. The summed E-state index contributed by atoms with van der Waals surface area (Å²) in [6, 6.07) is 5.90. The largest absolute Gasteiger partial charge is 0.380 e.